The number of para-hydroxylation sites is 1. The third kappa shape index (κ3) is 4.28. The quantitative estimate of drug-likeness (QED) is 0.785. The summed E-state index contributed by atoms with van der Waals surface area (Å²) < 4.78 is 28.2. The Morgan fingerprint density at radius 2 is 1.81 bits per heavy atom. The Labute approximate surface area is 113 Å². The molecule has 9 heteroatoms. The second-order valence-corrected chi connectivity index (χ2v) is 6.49. The fourth-order valence-corrected chi connectivity index (χ4v) is 2.38. The van der Waals surface area contributed by atoms with E-state index in [2.05, 4.69) is 31.9 Å². The first-order valence-corrected chi connectivity index (χ1v) is 7.57. The van der Waals surface area contributed by atoms with Gasteiger partial charge in [0.05, 0.1) is 8.95 Å². The Hall–Kier alpha value is -0.310. The molecule has 1 amide bonds. The standard InChI is InChI=1S/C7H4Br2ClNO4S/c8-4-2-1-3-5(9)6(4)15-7(12)11-16(10,13)14/h1-3H,(H,11,12). The van der Waals surface area contributed by atoms with Crippen LogP contribution in [0.25, 0.3) is 0 Å². The van der Waals surface area contributed by atoms with Gasteiger partial charge < -0.3 is 4.74 Å². The van der Waals surface area contributed by atoms with Crippen molar-refractivity contribution in [3.63, 3.8) is 0 Å². The molecule has 0 heterocycles. The van der Waals surface area contributed by atoms with Gasteiger partial charge in [-0.25, -0.2) is 9.52 Å². The van der Waals surface area contributed by atoms with Crippen LogP contribution in [0.5, 0.6) is 5.75 Å². The first-order valence-electron chi connectivity index (χ1n) is 3.68. The molecule has 1 aromatic carbocycles. The van der Waals surface area contributed by atoms with Crippen molar-refractivity contribution in [1.82, 2.24) is 4.72 Å². The molecule has 0 fully saturated rings. The molecule has 16 heavy (non-hydrogen) atoms. The van der Waals surface area contributed by atoms with Gasteiger partial charge in [-0.05, 0) is 44.0 Å². The Balaban J connectivity index is 2.86. The van der Waals surface area contributed by atoms with E-state index >= 15 is 0 Å². The second-order valence-electron chi connectivity index (χ2n) is 2.48. The van der Waals surface area contributed by atoms with Crippen LogP contribution < -0.4 is 9.46 Å². The molecule has 5 nitrogen and oxygen atoms in total. The van der Waals surface area contributed by atoms with Crippen molar-refractivity contribution in [2.45, 2.75) is 0 Å². The molecule has 0 spiro atoms. The Bertz CT molecular complexity index is 499. The van der Waals surface area contributed by atoms with Crippen LogP contribution >= 0.6 is 42.5 Å². The van der Waals surface area contributed by atoms with Gasteiger partial charge in [0.25, 0.3) is 0 Å². The van der Waals surface area contributed by atoms with Crippen molar-refractivity contribution in [1.29, 1.82) is 0 Å². The van der Waals surface area contributed by atoms with Gasteiger partial charge in [-0.2, -0.15) is 8.42 Å². The molecule has 0 aromatic heterocycles. The molecule has 0 unspecified atom stereocenters. The van der Waals surface area contributed by atoms with E-state index in [0.29, 0.717) is 8.95 Å². The number of halogens is 3. The van der Waals surface area contributed by atoms with Crippen molar-refractivity contribution >= 4 is 57.9 Å². The lowest BCUT2D eigenvalue weighted by molar-refractivity contribution is 0.206. The molecule has 0 atom stereocenters. The van der Waals surface area contributed by atoms with E-state index in [4.69, 9.17) is 15.4 Å². The number of hydrogen-bond donors (Lipinski definition) is 1. The Kier molecular flexibility index (Phi) is 4.60. The maximum absolute atomic E-state index is 11.1. The lowest BCUT2D eigenvalue weighted by Crippen LogP contribution is -2.29. The Morgan fingerprint density at radius 3 is 2.25 bits per heavy atom. The van der Waals surface area contributed by atoms with Crippen LogP contribution in [-0.2, 0) is 9.24 Å². The molecule has 0 saturated carbocycles. The molecule has 0 aliphatic heterocycles. The molecular weight excluding hydrogens is 389 g/mol. The summed E-state index contributed by atoms with van der Waals surface area (Å²) in [5.74, 6) is 0.153. The first-order chi connectivity index (χ1) is 7.29. The van der Waals surface area contributed by atoms with Crippen LogP contribution in [0.2, 0.25) is 0 Å². The highest BCUT2D eigenvalue weighted by Crippen LogP contribution is 2.32. The molecule has 0 aliphatic carbocycles. The van der Waals surface area contributed by atoms with Crippen molar-refractivity contribution in [3.05, 3.63) is 27.1 Å². The molecule has 1 N–H and O–H groups in total. The summed E-state index contributed by atoms with van der Waals surface area (Å²) in [4.78, 5) is 11.1. The number of nitrogens with one attached hydrogen (secondary N) is 1. The normalized spacial score (nSPS) is 10.9. The Morgan fingerprint density at radius 1 is 1.31 bits per heavy atom. The number of carbonyl (C=O) groups excluding carboxylic acids is 1. The third-order valence-electron chi connectivity index (χ3n) is 1.32. The molecule has 0 aliphatic rings. The van der Waals surface area contributed by atoms with Gasteiger partial charge in [0, 0.05) is 10.7 Å². The summed E-state index contributed by atoms with van der Waals surface area (Å²) in [5, 5.41) is 0. The van der Waals surface area contributed by atoms with Crippen LogP contribution in [0, 0.1) is 0 Å². The summed E-state index contributed by atoms with van der Waals surface area (Å²) in [5.41, 5.74) is 0. The van der Waals surface area contributed by atoms with E-state index in [9.17, 15) is 13.2 Å². The van der Waals surface area contributed by atoms with Crippen LogP contribution in [-0.4, -0.2) is 14.5 Å². The molecule has 0 bridgehead atoms. The predicted octanol–water partition coefficient (Wildman–Crippen LogP) is 2.78. The SMILES string of the molecule is O=C(NS(=O)(=O)Cl)Oc1c(Br)cccc1Br. The fourth-order valence-electron chi connectivity index (χ4n) is 0.793. The highest BCUT2D eigenvalue weighted by Gasteiger charge is 2.15. The molecule has 1 rings (SSSR count). The highest BCUT2D eigenvalue weighted by atomic mass is 79.9. The number of hydrogen-bond acceptors (Lipinski definition) is 4. The van der Waals surface area contributed by atoms with Gasteiger partial charge >= 0.3 is 15.3 Å². The van der Waals surface area contributed by atoms with Crippen LogP contribution in [0.4, 0.5) is 4.79 Å². The number of ether oxygens (including phenoxy) is 1. The van der Waals surface area contributed by atoms with Crippen LogP contribution in [0.1, 0.15) is 0 Å². The van der Waals surface area contributed by atoms with Crippen molar-refractivity contribution in [3.8, 4) is 5.75 Å². The van der Waals surface area contributed by atoms with Crippen LogP contribution in [0.15, 0.2) is 27.1 Å². The van der Waals surface area contributed by atoms with Gasteiger partial charge in [-0.15, -0.1) is 0 Å². The van der Waals surface area contributed by atoms with Crippen molar-refractivity contribution in [2.24, 2.45) is 0 Å². The monoisotopic (exact) mass is 391 g/mol. The van der Waals surface area contributed by atoms with E-state index in [-0.39, 0.29) is 5.75 Å². The zero-order valence-corrected chi connectivity index (χ0v) is 12.2. The molecule has 1 aromatic rings. The minimum absolute atomic E-state index is 0.153. The predicted molar refractivity (Wildman–Crippen MR) is 65.8 cm³/mol. The molecular formula is C7H4Br2ClNO4S. The summed E-state index contributed by atoms with van der Waals surface area (Å²) in [6.07, 6.45) is -1.19. The molecule has 0 saturated heterocycles. The van der Waals surface area contributed by atoms with Crippen molar-refractivity contribution < 1.29 is 17.9 Å². The van der Waals surface area contributed by atoms with E-state index < -0.39 is 15.3 Å². The van der Waals surface area contributed by atoms with E-state index in [1.807, 2.05) is 0 Å². The second kappa shape index (κ2) is 5.35. The van der Waals surface area contributed by atoms with Gasteiger partial charge in [0.2, 0.25) is 0 Å². The van der Waals surface area contributed by atoms with Gasteiger partial charge in [0.1, 0.15) is 0 Å². The lowest BCUT2D eigenvalue weighted by atomic mass is 10.3. The third-order valence-corrected chi connectivity index (χ3v) is 3.21. The first kappa shape index (κ1) is 13.8. The minimum atomic E-state index is -4.15. The van der Waals surface area contributed by atoms with Gasteiger partial charge in [-0.1, -0.05) is 6.07 Å². The zero-order chi connectivity index (χ0) is 12.3. The fraction of sp³-hybridized carbons (Fsp3) is 0. The summed E-state index contributed by atoms with van der Waals surface area (Å²) in [7, 11) is 0.659. The number of carbonyl (C=O) groups is 1. The average Bonchev–Trinajstić information content (AvgIpc) is 2.08. The molecule has 0 radical (unpaired) electrons. The maximum Gasteiger partial charge on any atom is 0.427 e. The van der Waals surface area contributed by atoms with E-state index in [1.165, 1.54) is 4.72 Å². The smallest absolute Gasteiger partial charge is 0.407 e. The summed E-state index contributed by atoms with van der Waals surface area (Å²) in [6.45, 7) is 0. The largest absolute Gasteiger partial charge is 0.427 e. The van der Waals surface area contributed by atoms with Gasteiger partial charge in [-0.3, -0.25) is 0 Å². The minimum Gasteiger partial charge on any atom is -0.407 e. The zero-order valence-electron chi connectivity index (χ0n) is 7.41. The maximum atomic E-state index is 11.1. The van der Waals surface area contributed by atoms with Gasteiger partial charge in [0.15, 0.2) is 5.75 Å². The highest BCUT2D eigenvalue weighted by molar-refractivity contribution is 9.11. The topological polar surface area (TPSA) is 72.5 Å². The molecule has 88 valence electrons. The number of amides is 1. The average molecular weight is 393 g/mol. The number of rotatable bonds is 2. The van der Waals surface area contributed by atoms with E-state index in [1.54, 1.807) is 18.2 Å². The van der Waals surface area contributed by atoms with Crippen molar-refractivity contribution in [2.75, 3.05) is 0 Å². The summed E-state index contributed by atoms with van der Waals surface area (Å²) in [6, 6.07) is 4.96. The lowest BCUT2D eigenvalue weighted by Gasteiger charge is -2.07. The number of benzene rings is 1. The van der Waals surface area contributed by atoms with Crippen LogP contribution in [0.3, 0.4) is 0 Å². The van der Waals surface area contributed by atoms with E-state index in [0.717, 1.165) is 0 Å². The summed E-state index contributed by atoms with van der Waals surface area (Å²) >= 11 is 6.28.